The maximum atomic E-state index is 3.24. The minimum Gasteiger partial charge on any atom is -0.0648 e. The number of rotatable bonds is 2. The highest BCUT2D eigenvalue weighted by Crippen LogP contribution is 2.37. The summed E-state index contributed by atoms with van der Waals surface area (Å²) in [7, 11) is 0. The van der Waals surface area contributed by atoms with Gasteiger partial charge in [0.15, 0.2) is 0 Å². The molecule has 0 aromatic carbocycles. The molecule has 0 heterocycles. The molecule has 67 valence electrons. The molecule has 1 radical (unpaired) electrons. The van der Waals surface area contributed by atoms with E-state index in [2.05, 4.69) is 45.9 Å². The lowest BCUT2D eigenvalue weighted by molar-refractivity contribution is 0.269. The number of hydrogen-bond donors (Lipinski definition) is 0. The third-order valence-corrected chi connectivity index (χ3v) is 2.62. The van der Waals surface area contributed by atoms with Crippen molar-refractivity contribution in [1.29, 1.82) is 0 Å². The highest BCUT2D eigenvalue weighted by molar-refractivity contribution is 5.23. The van der Waals surface area contributed by atoms with Crippen molar-refractivity contribution in [1.82, 2.24) is 0 Å². The van der Waals surface area contributed by atoms with Crippen LogP contribution in [0, 0.1) is 17.4 Å². The molecule has 12 heavy (non-hydrogen) atoms. The summed E-state index contributed by atoms with van der Waals surface area (Å²) >= 11 is 0. The van der Waals surface area contributed by atoms with Crippen LogP contribution in [0.1, 0.15) is 40.5 Å². The van der Waals surface area contributed by atoms with E-state index in [0.29, 0.717) is 5.41 Å². The van der Waals surface area contributed by atoms with E-state index in [9.17, 15) is 0 Å². The molecule has 0 saturated carbocycles. The zero-order chi connectivity index (χ0) is 9.19. The zero-order valence-corrected chi connectivity index (χ0v) is 8.65. The van der Waals surface area contributed by atoms with Gasteiger partial charge < -0.3 is 0 Å². The molecule has 1 unspecified atom stereocenters. The Balaban J connectivity index is 2.70. The van der Waals surface area contributed by atoms with E-state index in [1.54, 1.807) is 5.57 Å². The van der Waals surface area contributed by atoms with Gasteiger partial charge in [-0.1, -0.05) is 45.4 Å². The van der Waals surface area contributed by atoms with Crippen LogP contribution in [0.5, 0.6) is 0 Å². The van der Waals surface area contributed by atoms with Crippen molar-refractivity contribution in [2.75, 3.05) is 0 Å². The maximum absolute atomic E-state index is 3.24. The van der Waals surface area contributed by atoms with Gasteiger partial charge in [0.25, 0.3) is 0 Å². The van der Waals surface area contributed by atoms with Crippen LogP contribution in [-0.2, 0) is 0 Å². The SMILES string of the molecule is CCC(C1=CC=[C]C1)C(C)(C)C. The molecule has 0 aromatic rings. The Morgan fingerprint density at radius 3 is 2.50 bits per heavy atom. The van der Waals surface area contributed by atoms with E-state index >= 15 is 0 Å². The van der Waals surface area contributed by atoms with Gasteiger partial charge in [0.2, 0.25) is 0 Å². The quantitative estimate of drug-likeness (QED) is 0.581. The first kappa shape index (κ1) is 9.57. The molecule has 0 aromatic heterocycles. The molecule has 1 aliphatic carbocycles. The highest BCUT2D eigenvalue weighted by Gasteiger charge is 2.26. The maximum Gasteiger partial charge on any atom is -0.00582 e. The smallest absolute Gasteiger partial charge is 0.00582 e. The monoisotopic (exact) mass is 163 g/mol. The number of allylic oxidation sites excluding steroid dienone is 4. The second-order valence-electron chi connectivity index (χ2n) is 4.62. The molecule has 1 rings (SSSR count). The lowest BCUT2D eigenvalue weighted by Crippen LogP contribution is -2.21. The van der Waals surface area contributed by atoms with E-state index in [1.165, 1.54) is 6.42 Å². The van der Waals surface area contributed by atoms with Crippen molar-refractivity contribution < 1.29 is 0 Å². The van der Waals surface area contributed by atoms with Crippen LogP contribution in [-0.4, -0.2) is 0 Å². The first-order chi connectivity index (χ1) is 5.55. The van der Waals surface area contributed by atoms with Gasteiger partial charge in [-0.2, -0.15) is 0 Å². The summed E-state index contributed by atoms with van der Waals surface area (Å²) in [4.78, 5) is 0. The lowest BCUT2D eigenvalue weighted by Gasteiger charge is -2.31. The van der Waals surface area contributed by atoms with Crippen molar-refractivity contribution in [2.45, 2.75) is 40.5 Å². The van der Waals surface area contributed by atoms with Crippen molar-refractivity contribution in [3.05, 3.63) is 23.8 Å². The molecule has 0 N–H and O–H groups in total. The molecule has 1 atom stereocenters. The summed E-state index contributed by atoms with van der Waals surface area (Å²) in [6.45, 7) is 9.23. The number of hydrogen-bond acceptors (Lipinski definition) is 0. The third kappa shape index (κ3) is 2.00. The van der Waals surface area contributed by atoms with Crippen LogP contribution in [0.25, 0.3) is 0 Å². The van der Waals surface area contributed by atoms with E-state index in [1.807, 2.05) is 0 Å². The molecule has 0 saturated heterocycles. The molecule has 0 amide bonds. The fraction of sp³-hybridized carbons (Fsp3) is 0.667. The molecule has 0 nitrogen and oxygen atoms in total. The fourth-order valence-electron chi connectivity index (χ4n) is 2.07. The minimum absolute atomic E-state index is 0.403. The van der Waals surface area contributed by atoms with Crippen LogP contribution in [0.3, 0.4) is 0 Å². The van der Waals surface area contributed by atoms with Gasteiger partial charge >= 0.3 is 0 Å². The van der Waals surface area contributed by atoms with E-state index in [4.69, 9.17) is 0 Å². The summed E-state index contributed by atoms with van der Waals surface area (Å²) in [6, 6.07) is 0. The second-order valence-corrected chi connectivity index (χ2v) is 4.62. The third-order valence-electron chi connectivity index (χ3n) is 2.62. The van der Waals surface area contributed by atoms with Crippen molar-refractivity contribution in [2.24, 2.45) is 11.3 Å². The molecule has 1 aliphatic rings. The first-order valence-corrected chi connectivity index (χ1v) is 4.81. The molecule has 0 fully saturated rings. The van der Waals surface area contributed by atoms with Gasteiger partial charge in [-0.25, -0.2) is 0 Å². The molecule has 0 bridgehead atoms. The molecular formula is C12H19. The standard InChI is InChI=1S/C12H19/c1-5-11(12(2,3)4)10-8-6-7-9-10/h6,8,11H,5,9H2,1-4H3. The predicted molar refractivity (Wildman–Crippen MR) is 53.7 cm³/mol. The van der Waals surface area contributed by atoms with Crippen LogP contribution < -0.4 is 0 Å². The Morgan fingerprint density at radius 2 is 2.17 bits per heavy atom. The average molecular weight is 163 g/mol. The summed E-state index contributed by atoms with van der Waals surface area (Å²) in [6.07, 6.45) is 9.83. The fourth-order valence-corrected chi connectivity index (χ4v) is 2.07. The topological polar surface area (TPSA) is 0 Å². The Bertz CT molecular complexity index is 201. The van der Waals surface area contributed by atoms with E-state index in [0.717, 1.165) is 12.3 Å². The predicted octanol–water partition coefficient (Wildman–Crippen LogP) is 3.75. The van der Waals surface area contributed by atoms with Gasteiger partial charge in [-0.05, 0) is 30.3 Å². The molecule has 0 heteroatoms. The van der Waals surface area contributed by atoms with Crippen molar-refractivity contribution >= 4 is 0 Å². The largest absolute Gasteiger partial charge is 0.0648 e. The van der Waals surface area contributed by atoms with Gasteiger partial charge in [0, 0.05) is 0 Å². The van der Waals surface area contributed by atoms with Crippen molar-refractivity contribution in [3.63, 3.8) is 0 Å². The summed E-state index contributed by atoms with van der Waals surface area (Å²) in [5.41, 5.74) is 1.96. The average Bonchev–Trinajstić information content (AvgIpc) is 2.38. The zero-order valence-electron chi connectivity index (χ0n) is 8.65. The van der Waals surface area contributed by atoms with Gasteiger partial charge in [0.05, 0.1) is 0 Å². The van der Waals surface area contributed by atoms with Gasteiger partial charge in [-0.15, -0.1) is 0 Å². The Kier molecular flexibility index (Phi) is 2.76. The Morgan fingerprint density at radius 1 is 1.50 bits per heavy atom. The van der Waals surface area contributed by atoms with Crippen LogP contribution >= 0.6 is 0 Å². The lowest BCUT2D eigenvalue weighted by atomic mass is 9.74. The van der Waals surface area contributed by atoms with Crippen LogP contribution in [0.4, 0.5) is 0 Å². The van der Waals surface area contributed by atoms with Crippen molar-refractivity contribution in [3.8, 4) is 0 Å². The van der Waals surface area contributed by atoms with Gasteiger partial charge in [0.1, 0.15) is 0 Å². The summed E-state index contributed by atoms with van der Waals surface area (Å²) in [5.74, 6) is 0.726. The second kappa shape index (κ2) is 3.47. The highest BCUT2D eigenvalue weighted by atomic mass is 14.3. The van der Waals surface area contributed by atoms with Gasteiger partial charge in [-0.3, -0.25) is 0 Å². The Hall–Kier alpha value is -0.520. The van der Waals surface area contributed by atoms with E-state index in [-0.39, 0.29) is 0 Å². The summed E-state index contributed by atoms with van der Waals surface area (Å²) < 4.78 is 0. The normalized spacial score (nSPS) is 19.5. The first-order valence-electron chi connectivity index (χ1n) is 4.81. The molecule has 0 spiro atoms. The Labute approximate surface area is 76.4 Å². The molecular weight excluding hydrogens is 144 g/mol. The van der Waals surface area contributed by atoms with Crippen LogP contribution in [0.15, 0.2) is 17.7 Å². The molecule has 0 aliphatic heterocycles. The van der Waals surface area contributed by atoms with Crippen LogP contribution in [0.2, 0.25) is 0 Å². The minimum atomic E-state index is 0.403. The summed E-state index contributed by atoms with van der Waals surface area (Å²) in [5, 5.41) is 0. The van der Waals surface area contributed by atoms with E-state index < -0.39 is 0 Å².